The van der Waals surface area contributed by atoms with E-state index in [4.69, 9.17) is 5.26 Å². The Kier molecular flexibility index (Phi) is 5.11. The minimum atomic E-state index is -0.382. The van der Waals surface area contributed by atoms with Gasteiger partial charge in [0.2, 0.25) is 5.91 Å². The average Bonchev–Trinajstić information content (AvgIpc) is 2.51. The van der Waals surface area contributed by atoms with Crippen LogP contribution >= 0.6 is 0 Å². The number of benzene rings is 2. The molecule has 0 aliphatic heterocycles. The average molecular weight is 307 g/mol. The van der Waals surface area contributed by atoms with Crippen LogP contribution in [0.15, 0.2) is 42.5 Å². The zero-order valence-corrected chi connectivity index (χ0v) is 13.0. The molecular weight excluding hydrogens is 290 g/mol. The predicted octanol–water partition coefficient (Wildman–Crippen LogP) is 3.41. The monoisotopic (exact) mass is 307 g/mol. The van der Waals surface area contributed by atoms with Crippen LogP contribution in [0.2, 0.25) is 0 Å². The second kappa shape index (κ2) is 7.23. The second-order valence-corrected chi connectivity index (χ2v) is 5.24. The zero-order valence-electron chi connectivity index (χ0n) is 13.0. The van der Waals surface area contributed by atoms with E-state index in [1.807, 2.05) is 32.0 Å². The first-order valence-corrected chi connectivity index (χ1v) is 7.15. The van der Waals surface area contributed by atoms with Gasteiger partial charge in [-0.1, -0.05) is 23.8 Å². The van der Waals surface area contributed by atoms with Gasteiger partial charge in [-0.05, 0) is 43.7 Å². The third kappa shape index (κ3) is 4.42. The number of nitrogens with zero attached hydrogens (tertiary/aromatic N) is 1. The van der Waals surface area contributed by atoms with Crippen LogP contribution in [0.1, 0.15) is 27.9 Å². The highest BCUT2D eigenvalue weighted by Crippen LogP contribution is 2.21. The van der Waals surface area contributed by atoms with Crippen molar-refractivity contribution in [3.05, 3.63) is 59.2 Å². The number of nitrogens with one attached hydrogen (secondary N) is 2. The summed E-state index contributed by atoms with van der Waals surface area (Å²) in [5, 5.41) is 14.0. The minimum Gasteiger partial charge on any atom is -0.325 e. The lowest BCUT2D eigenvalue weighted by atomic mass is 10.1. The Morgan fingerprint density at radius 3 is 2.57 bits per heavy atom. The Bertz CT molecular complexity index is 791. The van der Waals surface area contributed by atoms with E-state index in [9.17, 15) is 9.59 Å². The highest BCUT2D eigenvalue weighted by Gasteiger charge is 2.09. The number of amides is 2. The molecular formula is C18H17N3O2. The van der Waals surface area contributed by atoms with Crippen molar-refractivity contribution in [3.63, 3.8) is 0 Å². The van der Waals surface area contributed by atoms with Crippen LogP contribution in [-0.4, -0.2) is 11.8 Å². The third-order valence-corrected chi connectivity index (χ3v) is 3.29. The van der Waals surface area contributed by atoms with Crippen LogP contribution in [0.4, 0.5) is 11.4 Å². The maximum Gasteiger partial charge on any atom is 0.255 e. The van der Waals surface area contributed by atoms with E-state index in [-0.39, 0.29) is 18.2 Å². The van der Waals surface area contributed by atoms with Gasteiger partial charge in [0, 0.05) is 16.9 Å². The molecule has 2 rings (SSSR count). The zero-order chi connectivity index (χ0) is 16.8. The van der Waals surface area contributed by atoms with E-state index in [1.165, 1.54) is 0 Å². The van der Waals surface area contributed by atoms with Gasteiger partial charge in [0.25, 0.3) is 5.91 Å². The fourth-order valence-electron chi connectivity index (χ4n) is 2.09. The van der Waals surface area contributed by atoms with Crippen molar-refractivity contribution in [2.24, 2.45) is 0 Å². The van der Waals surface area contributed by atoms with Crippen molar-refractivity contribution >= 4 is 23.2 Å². The largest absolute Gasteiger partial charge is 0.325 e. The van der Waals surface area contributed by atoms with Crippen molar-refractivity contribution in [2.45, 2.75) is 20.3 Å². The van der Waals surface area contributed by atoms with Gasteiger partial charge in [0.05, 0.1) is 6.07 Å². The molecule has 0 aliphatic rings. The second-order valence-electron chi connectivity index (χ2n) is 5.24. The Morgan fingerprint density at radius 2 is 1.87 bits per heavy atom. The molecule has 0 saturated heterocycles. The van der Waals surface area contributed by atoms with Crippen molar-refractivity contribution in [3.8, 4) is 6.07 Å². The summed E-state index contributed by atoms with van der Waals surface area (Å²) in [5.41, 5.74) is 3.61. The number of hydrogen-bond acceptors (Lipinski definition) is 3. The molecule has 5 nitrogen and oxygen atoms in total. The van der Waals surface area contributed by atoms with Crippen LogP contribution in [-0.2, 0) is 4.79 Å². The van der Waals surface area contributed by atoms with E-state index in [0.29, 0.717) is 16.9 Å². The smallest absolute Gasteiger partial charge is 0.255 e. The number of aryl methyl sites for hydroxylation is 2. The van der Waals surface area contributed by atoms with Gasteiger partial charge < -0.3 is 10.6 Å². The van der Waals surface area contributed by atoms with Crippen LogP contribution in [0.25, 0.3) is 0 Å². The van der Waals surface area contributed by atoms with Crippen molar-refractivity contribution in [2.75, 3.05) is 10.6 Å². The summed E-state index contributed by atoms with van der Waals surface area (Å²) in [7, 11) is 0. The molecule has 5 heteroatoms. The summed E-state index contributed by atoms with van der Waals surface area (Å²) in [5.74, 6) is -0.593. The van der Waals surface area contributed by atoms with Gasteiger partial charge >= 0.3 is 0 Å². The van der Waals surface area contributed by atoms with E-state index >= 15 is 0 Å². The molecule has 0 fully saturated rings. The number of carbonyl (C=O) groups is 2. The highest BCUT2D eigenvalue weighted by molar-refractivity contribution is 6.05. The summed E-state index contributed by atoms with van der Waals surface area (Å²) in [6.07, 6.45) is -0.209. The molecule has 116 valence electrons. The van der Waals surface area contributed by atoms with E-state index in [1.54, 1.807) is 30.3 Å². The number of carbonyl (C=O) groups excluding carboxylic acids is 2. The fourth-order valence-corrected chi connectivity index (χ4v) is 2.09. The van der Waals surface area contributed by atoms with Crippen LogP contribution in [0, 0.1) is 25.2 Å². The Balaban J connectivity index is 2.17. The van der Waals surface area contributed by atoms with E-state index in [0.717, 1.165) is 11.1 Å². The first kappa shape index (κ1) is 16.2. The van der Waals surface area contributed by atoms with E-state index < -0.39 is 0 Å². The van der Waals surface area contributed by atoms with Gasteiger partial charge in [-0.2, -0.15) is 5.26 Å². The van der Waals surface area contributed by atoms with Gasteiger partial charge in [-0.15, -0.1) is 0 Å². The normalized spacial score (nSPS) is 9.78. The summed E-state index contributed by atoms with van der Waals surface area (Å²) in [4.78, 5) is 23.8. The molecule has 0 unspecified atom stereocenters. The van der Waals surface area contributed by atoms with Gasteiger partial charge in [-0.25, -0.2) is 0 Å². The van der Waals surface area contributed by atoms with Crippen molar-refractivity contribution in [1.82, 2.24) is 0 Å². The highest BCUT2D eigenvalue weighted by atomic mass is 16.2. The predicted molar refractivity (Wildman–Crippen MR) is 89.2 cm³/mol. The standard InChI is InChI=1S/C18H17N3O2/c1-12-4-3-5-14(10-12)18(23)21-16-11-15(7-6-13(16)2)20-17(22)8-9-19/h3-7,10-11H,8H2,1-2H3,(H,20,22)(H,21,23). The molecule has 0 aliphatic carbocycles. The van der Waals surface area contributed by atoms with Crippen LogP contribution in [0.3, 0.4) is 0 Å². The summed E-state index contributed by atoms with van der Waals surface area (Å²) in [6, 6.07) is 14.3. The Hall–Kier alpha value is -3.13. The van der Waals surface area contributed by atoms with Crippen molar-refractivity contribution in [1.29, 1.82) is 5.26 Å². The maximum absolute atomic E-state index is 12.3. The molecule has 2 N–H and O–H groups in total. The molecule has 0 aromatic heterocycles. The third-order valence-electron chi connectivity index (χ3n) is 3.29. The first-order valence-electron chi connectivity index (χ1n) is 7.15. The van der Waals surface area contributed by atoms with Crippen LogP contribution in [0.5, 0.6) is 0 Å². The number of rotatable bonds is 4. The number of nitriles is 1. The van der Waals surface area contributed by atoms with Gasteiger partial charge in [0.1, 0.15) is 6.42 Å². The summed E-state index contributed by atoms with van der Waals surface area (Å²) >= 11 is 0. The van der Waals surface area contributed by atoms with Crippen LogP contribution < -0.4 is 10.6 Å². The quantitative estimate of drug-likeness (QED) is 0.908. The lowest BCUT2D eigenvalue weighted by Gasteiger charge is -2.11. The molecule has 2 aromatic carbocycles. The lowest BCUT2D eigenvalue weighted by Crippen LogP contribution is -2.14. The Labute approximate surface area is 134 Å². The maximum atomic E-state index is 12.3. The lowest BCUT2D eigenvalue weighted by molar-refractivity contribution is -0.115. The molecule has 0 bridgehead atoms. The Morgan fingerprint density at radius 1 is 1.09 bits per heavy atom. The molecule has 0 saturated carbocycles. The molecule has 23 heavy (non-hydrogen) atoms. The minimum absolute atomic E-state index is 0.209. The molecule has 0 heterocycles. The SMILES string of the molecule is Cc1cccc(C(=O)Nc2cc(NC(=O)CC#N)ccc2C)c1. The molecule has 0 radical (unpaired) electrons. The molecule has 2 aromatic rings. The molecule has 0 atom stereocenters. The first-order chi connectivity index (χ1) is 11.0. The number of hydrogen-bond donors (Lipinski definition) is 2. The topological polar surface area (TPSA) is 82.0 Å². The van der Waals surface area contributed by atoms with E-state index in [2.05, 4.69) is 10.6 Å². The van der Waals surface area contributed by atoms with Gasteiger partial charge in [-0.3, -0.25) is 9.59 Å². The molecule has 0 spiro atoms. The van der Waals surface area contributed by atoms with Gasteiger partial charge in [0.15, 0.2) is 0 Å². The summed E-state index contributed by atoms with van der Waals surface area (Å²) in [6.45, 7) is 3.79. The summed E-state index contributed by atoms with van der Waals surface area (Å²) < 4.78 is 0. The van der Waals surface area contributed by atoms with Crippen molar-refractivity contribution < 1.29 is 9.59 Å². The number of anilines is 2. The fraction of sp³-hybridized carbons (Fsp3) is 0.167. The molecule has 2 amide bonds.